The van der Waals surface area contributed by atoms with Gasteiger partial charge in [-0.15, -0.1) is 0 Å². The molecule has 44 heavy (non-hydrogen) atoms. The lowest BCUT2D eigenvalue weighted by atomic mass is 9.83. The van der Waals surface area contributed by atoms with Gasteiger partial charge in [-0.3, -0.25) is 0 Å². The third-order valence-corrected chi connectivity index (χ3v) is 9.27. The number of para-hydroxylation sites is 2. The summed E-state index contributed by atoms with van der Waals surface area (Å²) in [6, 6.07) is 44.4. The molecule has 0 unspecified atom stereocenters. The fourth-order valence-electron chi connectivity index (χ4n) is 7.24. The van der Waals surface area contributed by atoms with Gasteiger partial charge in [0, 0.05) is 33.2 Å². The standard InChI is InChI=1S/C41H36N3/c1-27-35(41(2,3)4)21-20-33-34-25-29(28-13-7-6-8-14-28)19-22-38(34)44(40(27)33)39-26-30(23-24-42(39)5)43-36-17-11-9-15-31(36)32-16-10-12-18-37(32)43/h6-26H,1-5H3/q+1. The number of fused-ring (bicyclic) bond motifs is 6. The van der Waals surface area contributed by atoms with Crippen LogP contribution in [0.25, 0.3) is 66.2 Å². The van der Waals surface area contributed by atoms with E-state index in [9.17, 15) is 0 Å². The first-order chi connectivity index (χ1) is 21.3. The van der Waals surface area contributed by atoms with E-state index in [1.165, 1.54) is 65.9 Å². The summed E-state index contributed by atoms with van der Waals surface area (Å²) in [5.41, 5.74) is 11.3. The Morgan fingerprint density at radius 3 is 1.86 bits per heavy atom. The second-order valence-corrected chi connectivity index (χ2v) is 13.0. The average Bonchev–Trinajstić information content (AvgIpc) is 3.55. The lowest BCUT2D eigenvalue weighted by Gasteiger charge is -2.22. The zero-order valence-corrected chi connectivity index (χ0v) is 26.0. The van der Waals surface area contributed by atoms with Gasteiger partial charge in [0.1, 0.15) is 11.0 Å². The lowest BCUT2D eigenvalue weighted by molar-refractivity contribution is -0.665. The maximum Gasteiger partial charge on any atom is 0.288 e. The Bertz CT molecular complexity index is 2330. The predicted octanol–water partition coefficient (Wildman–Crippen LogP) is 9.98. The van der Waals surface area contributed by atoms with Crippen LogP contribution < -0.4 is 4.57 Å². The Kier molecular flexibility index (Phi) is 5.83. The molecule has 0 aliphatic carbocycles. The molecule has 0 amide bonds. The van der Waals surface area contributed by atoms with Gasteiger partial charge >= 0.3 is 0 Å². The van der Waals surface area contributed by atoms with Crippen molar-refractivity contribution in [1.82, 2.24) is 9.13 Å². The Balaban J connectivity index is 1.46. The highest BCUT2D eigenvalue weighted by Gasteiger charge is 2.27. The van der Waals surface area contributed by atoms with E-state index in [1.54, 1.807) is 0 Å². The van der Waals surface area contributed by atoms with E-state index in [2.05, 4.69) is 176 Å². The molecule has 3 nitrogen and oxygen atoms in total. The molecule has 8 rings (SSSR count). The third kappa shape index (κ3) is 3.92. The van der Waals surface area contributed by atoms with Crippen molar-refractivity contribution < 1.29 is 4.57 Å². The quantitative estimate of drug-likeness (QED) is 0.188. The molecular weight excluding hydrogens is 534 g/mol. The van der Waals surface area contributed by atoms with Crippen LogP contribution in [0.1, 0.15) is 31.9 Å². The SMILES string of the molecule is Cc1c(C(C)(C)C)ccc2c3cc(-c4ccccc4)ccc3n(-c3cc(-n4c5ccccc5c5ccccc54)cc[n+]3C)c12. The number of rotatable bonds is 3. The zero-order chi connectivity index (χ0) is 30.2. The molecule has 0 saturated carbocycles. The van der Waals surface area contributed by atoms with Gasteiger partial charge in [-0.2, -0.15) is 4.57 Å². The maximum absolute atomic E-state index is 2.49. The van der Waals surface area contributed by atoms with Gasteiger partial charge in [-0.05, 0) is 59.4 Å². The smallest absolute Gasteiger partial charge is 0.288 e. The van der Waals surface area contributed by atoms with Crippen LogP contribution in [0.4, 0.5) is 0 Å². The Morgan fingerprint density at radius 2 is 1.18 bits per heavy atom. The molecule has 214 valence electrons. The van der Waals surface area contributed by atoms with E-state index in [0.717, 1.165) is 11.5 Å². The summed E-state index contributed by atoms with van der Waals surface area (Å²) < 4.78 is 7.15. The first-order valence-corrected chi connectivity index (χ1v) is 15.4. The summed E-state index contributed by atoms with van der Waals surface area (Å²) >= 11 is 0. The molecule has 3 heteroatoms. The molecule has 0 radical (unpaired) electrons. The minimum absolute atomic E-state index is 0.0295. The number of hydrogen-bond acceptors (Lipinski definition) is 0. The van der Waals surface area contributed by atoms with Gasteiger partial charge in [-0.1, -0.05) is 99.6 Å². The summed E-state index contributed by atoms with van der Waals surface area (Å²) in [4.78, 5) is 0. The van der Waals surface area contributed by atoms with Crippen LogP contribution in [0, 0.1) is 6.92 Å². The van der Waals surface area contributed by atoms with Gasteiger partial charge in [0.25, 0.3) is 5.82 Å². The number of benzene rings is 5. The largest absolute Gasteiger partial charge is 0.309 e. The minimum atomic E-state index is 0.0295. The van der Waals surface area contributed by atoms with E-state index in [4.69, 9.17) is 0 Å². The zero-order valence-electron chi connectivity index (χ0n) is 26.0. The van der Waals surface area contributed by atoms with E-state index in [0.29, 0.717) is 0 Å². The highest BCUT2D eigenvalue weighted by molar-refractivity contribution is 6.12. The molecular formula is C41H36N3+. The van der Waals surface area contributed by atoms with Gasteiger partial charge < -0.3 is 4.57 Å². The van der Waals surface area contributed by atoms with E-state index >= 15 is 0 Å². The third-order valence-electron chi connectivity index (χ3n) is 9.27. The summed E-state index contributed by atoms with van der Waals surface area (Å²) in [6.45, 7) is 9.23. The van der Waals surface area contributed by atoms with Crippen LogP contribution in [0.3, 0.4) is 0 Å². The predicted molar refractivity (Wildman–Crippen MR) is 185 cm³/mol. The second kappa shape index (κ2) is 9.68. The first-order valence-electron chi connectivity index (χ1n) is 15.4. The molecule has 0 spiro atoms. The Hall–Kier alpha value is -5.15. The molecule has 8 aromatic rings. The Labute approximate surface area is 258 Å². The fraction of sp³-hybridized carbons (Fsp3) is 0.146. The molecule has 0 fully saturated rings. The minimum Gasteiger partial charge on any atom is -0.309 e. The lowest BCUT2D eigenvalue weighted by Crippen LogP contribution is -2.33. The van der Waals surface area contributed by atoms with Crippen LogP contribution in [0.15, 0.2) is 128 Å². The van der Waals surface area contributed by atoms with E-state index < -0.39 is 0 Å². The second-order valence-electron chi connectivity index (χ2n) is 13.0. The van der Waals surface area contributed by atoms with Gasteiger partial charge in [-0.25, -0.2) is 4.57 Å². The highest BCUT2D eigenvalue weighted by Crippen LogP contribution is 2.40. The topological polar surface area (TPSA) is 13.7 Å². The van der Waals surface area contributed by atoms with Gasteiger partial charge in [0.2, 0.25) is 0 Å². The van der Waals surface area contributed by atoms with Crippen LogP contribution in [-0.2, 0) is 12.5 Å². The van der Waals surface area contributed by atoms with Crippen LogP contribution in [0.2, 0.25) is 0 Å². The maximum atomic E-state index is 2.49. The molecule has 5 aromatic carbocycles. The summed E-state index contributed by atoms with van der Waals surface area (Å²) in [5, 5.41) is 5.10. The molecule has 0 aliphatic heterocycles. The Morgan fingerprint density at radius 1 is 0.545 bits per heavy atom. The van der Waals surface area contributed by atoms with Crippen molar-refractivity contribution in [3.8, 4) is 22.6 Å². The summed E-state index contributed by atoms with van der Waals surface area (Å²) in [5.74, 6) is 1.13. The van der Waals surface area contributed by atoms with Crippen LogP contribution >= 0.6 is 0 Å². The molecule has 0 atom stereocenters. The number of aromatic nitrogens is 3. The molecule has 0 N–H and O–H groups in total. The molecule has 0 bridgehead atoms. The van der Waals surface area contributed by atoms with Gasteiger partial charge in [0.05, 0.1) is 36.0 Å². The monoisotopic (exact) mass is 570 g/mol. The van der Waals surface area contributed by atoms with Crippen molar-refractivity contribution in [2.75, 3.05) is 0 Å². The van der Waals surface area contributed by atoms with E-state index in [1.807, 2.05) is 0 Å². The molecule has 3 aromatic heterocycles. The number of pyridine rings is 1. The number of nitrogens with zero attached hydrogens (tertiary/aromatic N) is 3. The normalized spacial score (nSPS) is 12.2. The fourth-order valence-corrected chi connectivity index (χ4v) is 7.24. The van der Waals surface area contributed by atoms with Gasteiger partial charge in [0.15, 0.2) is 0 Å². The van der Waals surface area contributed by atoms with E-state index in [-0.39, 0.29) is 5.41 Å². The first kappa shape index (κ1) is 26.5. The highest BCUT2D eigenvalue weighted by atomic mass is 15.1. The van der Waals surface area contributed by atoms with Crippen molar-refractivity contribution in [1.29, 1.82) is 0 Å². The molecule has 3 heterocycles. The molecule has 0 saturated heterocycles. The van der Waals surface area contributed by atoms with Crippen molar-refractivity contribution >= 4 is 43.6 Å². The summed E-state index contributed by atoms with van der Waals surface area (Å²) in [7, 11) is 2.16. The number of hydrogen-bond donors (Lipinski definition) is 0. The van der Waals surface area contributed by atoms with Crippen molar-refractivity contribution in [2.24, 2.45) is 7.05 Å². The summed E-state index contributed by atoms with van der Waals surface area (Å²) in [6.07, 6.45) is 2.20. The van der Waals surface area contributed by atoms with Crippen LogP contribution in [-0.4, -0.2) is 9.13 Å². The van der Waals surface area contributed by atoms with Crippen molar-refractivity contribution in [2.45, 2.75) is 33.1 Å². The molecule has 0 aliphatic rings. The average molecular weight is 571 g/mol. The van der Waals surface area contributed by atoms with Crippen molar-refractivity contribution in [3.05, 3.63) is 139 Å². The van der Waals surface area contributed by atoms with Crippen LogP contribution in [0.5, 0.6) is 0 Å². The number of aryl methyl sites for hydroxylation is 2. The van der Waals surface area contributed by atoms with Crippen molar-refractivity contribution in [3.63, 3.8) is 0 Å².